The quantitative estimate of drug-likeness (QED) is 0.383. The van der Waals surface area contributed by atoms with Crippen LogP contribution in [0.3, 0.4) is 0 Å². The second kappa shape index (κ2) is 6.71. The average molecular weight is 421 g/mol. The molecule has 0 saturated carbocycles. The Labute approximate surface area is 178 Å². The van der Waals surface area contributed by atoms with Crippen molar-refractivity contribution < 1.29 is 19.7 Å². The monoisotopic (exact) mass is 421 g/mol. The van der Waals surface area contributed by atoms with Crippen molar-refractivity contribution in [3.05, 3.63) is 62.9 Å². The van der Waals surface area contributed by atoms with Crippen LogP contribution in [-0.2, 0) is 28.3 Å². The Balaban J connectivity index is 1.69. The molecule has 2 aliphatic rings. The molecule has 8 nitrogen and oxygen atoms in total. The number of cyclic esters (lactones) is 1. The summed E-state index contributed by atoms with van der Waals surface area (Å²) in [4.78, 5) is 31.9. The summed E-state index contributed by atoms with van der Waals surface area (Å²) >= 11 is 0. The highest BCUT2D eigenvalue weighted by molar-refractivity contribution is 5.86. The summed E-state index contributed by atoms with van der Waals surface area (Å²) in [6.45, 7) is 1.88. The summed E-state index contributed by atoms with van der Waals surface area (Å²) < 4.78 is 6.71. The van der Waals surface area contributed by atoms with Crippen molar-refractivity contribution in [2.24, 2.45) is 0 Å². The molecule has 0 fully saturated rings. The number of carbonyl (C=O) groups excluding carboxylic acids is 1. The molecule has 0 amide bonds. The maximum atomic E-state index is 13.2. The van der Waals surface area contributed by atoms with E-state index in [0.29, 0.717) is 29.1 Å². The number of rotatable bonds is 3. The Hall–Kier alpha value is -3.07. The molecule has 2 N–H and O–H groups in total. The molecule has 0 radical (unpaired) electrons. The van der Waals surface area contributed by atoms with Crippen LogP contribution >= 0.6 is 0 Å². The van der Waals surface area contributed by atoms with Crippen LogP contribution < -0.4 is 5.56 Å². The van der Waals surface area contributed by atoms with E-state index >= 15 is 0 Å². The number of fused-ring (bicyclic) bond motifs is 5. The van der Waals surface area contributed by atoms with Crippen LogP contribution in [0.25, 0.3) is 22.3 Å². The summed E-state index contributed by atoms with van der Waals surface area (Å²) in [5.41, 5.74) is 2.10. The zero-order valence-corrected chi connectivity index (χ0v) is 17.5. The van der Waals surface area contributed by atoms with Gasteiger partial charge in [0.1, 0.15) is 12.8 Å². The SMILES string of the molecule is CC[C@@]1(O)C(=O)OCc2c1cc1n(c2=O)Cc2cc3cc(C(O)N(C)C)ccc3nc2-1. The molecule has 5 rings (SSSR count). The molecule has 0 saturated heterocycles. The highest BCUT2D eigenvalue weighted by Crippen LogP contribution is 2.38. The van der Waals surface area contributed by atoms with Gasteiger partial charge in [-0.05, 0) is 50.3 Å². The lowest BCUT2D eigenvalue weighted by Gasteiger charge is -2.31. The van der Waals surface area contributed by atoms with Gasteiger partial charge in [-0.2, -0.15) is 0 Å². The fraction of sp³-hybridized carbons (Fsp3) is 0.348. The van der Waals surface area contributed by atoms with E-state index in [9.17, 15) is 19.8 Å². The molecule has 160 valence electrons. The normalized spacial score (nSPS) is 20.4. The van der Waals surface area contributed by atoms with Crippen molar-refractivity contribution in [1.29, 1.82) is 0 Å². The van der Waals surface area contributed by atoms with Gasteiger partial charge < -0.3 is 19.5 Å². The highest BCUT2D eigenvalue weighted by Gasteiger charge is 2.45. The van der Waals surface area contributed by atoms with Gasteiger partial charge in [0.2, 0.25) is 0 Å². The lowest BCUT2D eigenvalue weighted by Crippen LogP contribution is -2.44. The molecule has 1 aromatic carbocycles. The van der Waals surface area contributed by atoms with E-state index in [1.807, 2.05) is 24.3 Å². The van der Waals surface area contributed by atoms with Crippen LogP contribution in [0.15, 0.2) is 35.1 Å². The third-order valence-electron chi connectivity index (χ3n) is 6.32. The minimum Gasteiger partial charge on any atom is -0.458 e. The number of aliphatic hydroxyl groups excluding tert-OH is 1. The van der Waals surface area contributed by atoms with Crippen LogP contribution in [0.5, 0.6) is 0 Å². The van der Waals surface area contributed by atoms with E-state index in [0.717, 1.165) is 22.0 Å². The fourth-order valence-electron chi connectivity index (χ4n) is 4.46. The van der Waals surface area contributed by atoms with Crippen molar-refractivity contribution in [3.63, 3.8) is 0 Å². The van der Waals surface area contributed by atoms with Crippen molar-refractivity contribution in [2.45, 2.75) is 38.3 Å². The van der Waals surface area contributed by atoms with E-state index < -0.39 is 17.8 Å². The molecule has 2 aromatic heterocycles. The van der Waals surface area contributed by atoms with Crippen molar-refractivity contribution in [2.75, 3.05) is 14.1 Å². The number of nitrogens with zero attached hydrogens (tertiary/aromatic N) is 3. The number of ether oxygens (including phenoxy) is 1. The molecule has 3 aromatic rings. The Kier molecular flexibility index (Phi) is 4.30. The van der Waals surface area contributed by atoms with E-state index in [-0.39, 0.29) is 18.6 Å². The summed E-state index contributed by atoms with van der Waals surface area (Å²) in [6, 6.07) is 9.24. The first kappa shape index (κ1) is 19.9. The summed E-state index contributed by atoms with van der Waals surface area (Å²) in [7, 11) is 3.60. The van der Waals surface area contributed by atoms with Crippen LogP contribution in [0, 0.1) is 0 Å². The largest absolute Gasteiger partial charge is 0.458 e. The lowest BCUT2D eigenvalue weighted by atomic mass is 9.86. The smallest absolute Gasteiger partial charge is 0.343 e. The molecule has 8 heteroatoms. The molecular formula is C23H23N3O5. The van der Waals surface area contributed by atoms with Crippen molar-refractivity contribution >= 4 is 16.9 Å². The van der Waals surface area contributed by atoms with E-state index in [1.54, 1.807) is 36.6 Å². The van der Waals surface area contributed by atoms with Gasteiger partial charge in [-0.15, -0.1) is 0 Å². The van der Waals surface area contributed by atoms with E-state index in [4.69, 9.17) is 9.72 Å². The van der Waals surface area contributed by atoms with E-state index in [2.05, 4.69) is 0 Å². The number of hydrogen-bond acceptors (Lipinski definition) is 7. The fourth-order valence-corrected chi connectivity index (χ4v) is 4.46. The maximum absolute atomic E-state index is 13.2. The zero-order chi connectivity index (χ0) is 22.1. The number of aliphatic hydroxyl groups is 2. The molecule has 2 aliphatic heterocycles. The van der Waals surface area contributed by atoms with E-state index in [1.165, 1.54) is 0 Å². The molecule has 1 unspecified atom stereocenters. The molecule has 31 heavy (non-hydrogen) atoms. The third-order valence-corrected chi connectivity index (χ3v) is 6.32. The number of carbonyl (C=O) groups is 1. The summed E-state index contributed by atoms with van der Waals surface area (Å²) in [5, 5.41) is 22.1. The second-order valence-corrected chi connectivity index (χ2v) is 8.39. The Morgan fingerprint density at radius 3 is 2.74 bits per heavy atom. The Bertz CT molecular complexity index is 1310. The molecule has 0 aliphatic carbocycles. The second-order valence-electron chi connectivity index (χ2n) is 8.39. The number of pyridine rings is 2. The zero-order valence-electron chi connectivity index (χ0n) is 17.5. The van der Waals surface area contributed by atoms with Gasteiger partial charge in [-0.3, -0.25) is 9.69 Å². The number of hydrogen-bond donors (Lipinski definition) is 2. The maximum Gasteiger partial charge on any atom is 0.343 e. The summed E-state index contributed by atoms with van der Waals surface area (Å²) in [5.74, 6) is -0.733. The minimum absolute atomic E-state index is 0.108. The first-order valence-corrected chi connectivity index (χ1v) is 10.2. The predicted octanol–water partition coefficient (Wildman–Crippen LogP) is 1.63. The molecule has 0 bridgehead atoms. The van der Waals surface area contributed by atoms with Crippen LogP contribution in [-0.4, -0.2) is 44.7 Å². The molecule has 2 atom stereocenters. The van der Waals surface area contributed by atoms with Crippen LogP contribution in [0.4, 0.5) is 0 Å². The number of benzene rings is 1. The van der Waals surface area contributed by atoms with Crippen LogP contribution in [0.1, 0.15) is 41.8 Å². The predicted molar refractivity (Wildman–Crippen MR) is 113 cm³/mol. The highest BCUT2D eigenvalue weighted by atomic mass is 16.6. The Morgan fingerprint density at radius 2 is 2.03 bits per heavy atom. The summed E-state index contributed by atoms with van der Waals surface area (Å²) in [6.07, 6.45) is -0.620. The lowest BCUT2D eigenvalue weighted by molar-refractivity contribution is -0.172. The van der Waals surface area contributed by atoms with Gasteiger partial charge >= 0.3 is 5.97 Å². The minimum atomic E-state index is -1.83. The molecule has 4 heterocycles. The third kappa shape index (κ3) is 2.76. The average Bonchev–Trinajstić information content (AvgIpc) is 3.12. The van der Waals surface area contributed by atoms with Crippen molar-refractivity contribution in [1.82, 2.24) is 14.5 Å². The number of aromatic nitrogens is 2. The van der Waals surface area contributed by atoms with Crippen molar-refractivity contribution in [3.8, 4) is 11.4 Å². The first-order valence-electron chi connectivity index (χ1n) is 10.2. The first-order chi connectivity index (χ1) is 14.7. The van der Waals surface area contributed by atoms with Gasteiger partial charge in [0.25, 0.3) is 5.56 Å². The Morgan fingerprint density at radius 1 is 1.26 bits per heavy atom. The topological polar surface area (TPSA) is 105 Å². The standard InChI is InChI=1S/C23H23N3O5/c1-4-23(30)16-9-18-19-14(10-26(18)21(28)15(16)11-31-22(23)29)8-13-7-12(20(27)25(2)3)5-6-17(13)24-19/h5-9,20,27,30H,4,10-11H2,1-3H3/t20?,23-/m0/s1. The number of esters is 1. The van der Waals surface area contributed by atoms with Gasteiger partial charge in [-0.1, -0.05) is 13.0 Å². The van der Waals surface area contributed by atoms with Gasteiger partial charge in [0, 0.05) is 16.5 Å². The van der Waals surface area contributed by atoms with Gasteiger partial charge in [-0.25, -0.2) is 9.78 Å². The molecular weight excluding hydrogens is 398 g/mol. The van der Waals surface area contributed by atoms with Crippen LogP contribution in [0.2, 0.25) is 0 Å². The van der Waals surface area contributed by atoms with Gasteiger partial charge in [0.15, 0.2) is 5.60 Å². The molecule has 0 spiro atoms. The van der Waals surface area contributed by atoms with Gasteiger partial charge in [0.05, 0.1) is 29.0 Å².